The van der Waals surface area contributed by atoms with Crippen molar-refractivity contribution in [2.75, 3.05) is 6.61 Å². The fourth-order valence-corrected chi connectivity index (χ4v) is 2.50. The highest BCUT2D eigenvalue weighted by Gasteiger charge is 2.27. The molecule has 0 aliphatic carbocycles. The molecule has 0 saturated heterocycles. The zero-order chi connectivity index (χ0) is 19.7. The standard InChI is InChI=1S/C17H25N3O5S/c1-5-11(4)18-17(24)19-13(21)9-25-16(23)14(10(2)3)20-15(22)12-7-6-8-26-12/h6-8,10-11,14H,5,9H2,1-4H3,(H,20,22)(H2,18,19,21,24)/t11-,14+/m0/s1. The van der Waals surface area contributed by atoms with Gasteiger partial charge in [-0.3, -0.25) is 14.9 Å². The summed E-state index contributed by atoms with van der Waals surface area (Å²) in [5.74, 6) is -2.09. The van der Waals surface area contributed by atoms with Crippen LogP contribution < -0.4 is 16.0 Å². The third-order valence-corrected chi connectivity index (χ3v) is 4.41. The first kappa shape index (κ1) is 21.6. The molecule has 0 aliphatic heterocycles. The lowest BCUT2D eigenvalue weighted by atomic mass is 10.0. The molecule has 26 heavy (non-hydrogen) atoms. The number of carbonyl (C=O) groups excluding carboxylic acids is 4. The molecule has 0 unspecified atom stereocenters. The molecule has 1 aromatic heterocycles. The third-order valence-electron chi connectivity index (χ3n) is 3.54. The van der Waals surface area contributed by atoms with E-state index in [0.717, 1.165) is 6.42 Å². The van der Waals surface area contributed by atoms with E-state index in [2.05, 4.69) is 16.0 Å². The number of esters is 1. The van der Waals surface area contributed by atoms with Crippen LogP contribution in [0.25, 0.3) is 0 Å². The van der Waals surface area contributed by atoms with E-state index in [1.807, 2.05) is 6.92 Å². The van der Waals surface area contributed by atoms with Gasteiger partial charge in [-0.25, -0.2) is 9.59 Å². The Morgan fingerprint density at radius 1 is 1.15 bits per heavy atom. The minimum absolute atomic E-state index is 0.0804. The van der Waals surface area contributed by atoms with E-state index < -0.39 is 30.6 Å². The highest BCUT2D eigenvalue weighted by Crippen LogP contribution is 2.11. The predicted octanol–water partition coefficient (Wildman–Crippen LogP) is 1.67. The van der Waals surface area contributed by atoms with Gasteiger partial charge in [0.15, 0.2) is 6.61 Å². The summed E-state index contributed by atoms with van der Waals surface area (Å²) in [6.45, 7) is 6.59. The Morgan fingerprint density at radius 2 is 1.85 bits per heavy atom. The molecule has 1 heterocycles. The van der Waals surface area contributed by atoms with Gasteiger partial charge < -0.3 is 15.4 Å². The molecule has 0 fully saturated rings. The summed E-state index contributed by atoms with van der Waals surface area (Å²) in [5, 5.41) is 9.00. The number of amides is 4. The third kappa shape index (κ3) is 7.22. The van der Waals surface area contributed by atoms with Crippen molar-refractivity contribution < 1.29 is 23.9 Å². The predicted molar refractivity (Wildman–Crippen MR) is 97.8 cm³/mol. The molecule has 0 aliphatic rings. The van der Waals surface area contributed by atoms with Crippen LogP contribution in [0.2, 0.25) is 0 Å². The van der Waals surface area contributed by atoms with Crippen molar-refractivity contribution in [1.29, 1.82) is 0 Å². The number of imide groups is 1. The normalized spacial score (nSPS) is 12.8. The number of carbonyl (C=O) groups is 4. The summed E-state index contributed by atoms with van der Waals surface area (Å²) in [6.07, 6.45) is 0.719. The van der Waals surface area contributed by atoms with Crippen LogP contribution >= 0.6 is 11.3 Å². The van der Waals surface area contributed by atoms with E-state index in [9.17, 15) is 19.2 Å². The first-order chi connectivity index (χ1) is 12.2. The van der Waals surface area contributed by atoms with Crippen LogP contribution in [0.15, 0.2) is 17.5 Å². The first-order valence-corrected chi connectivity index (χ1v) is 9.23. The molecule has 9 heteroatoms. The second kappa shape index (κ2) is 10.5. The minimum Gasteiger partial charge on any atom is -0.454 e. The van der Waals surface area contributed by atoms with Gasteiger partial charge in [0.1, 0.15) is 6.04 Å². The lowest BCUT2D eigenvalue weighted by molar-refractivity contribution is -0.151. The summed E-state index contributed by atoms with van der Waals surface area (Å²) in [6, 6.07) is 1.75. The smallest absolute Gasteiger partial charge is 0.329 e. The van der Waals surface area contributed by atoms with E-state index in [-0.39, 0.29) is 17.9 Å². The number of hydrogen-bond acceptors (Lipinski definition) is 6. The second-order valence-corrected chi connectivity index (χ2v) is 7.06. The van der Waals surface area contributed by atoms with Crippen LogP contribution in [0.5, 0.6) is 0 Å². The van der Waals surface area contributed by atoms with Gasteiger partial charge in [0.2, 0.25) is 0 Å². The van der Waals surface area contributed by atoms with Gasteiger partial charge in [0.05, 0.1) is 4.88 Å². The zero-order valence-electron chi connectivity index (χ0n) is 15.3. The molecule has 144 valence electrons. The summed E-state index contributed by atoms with van der Waals surface area (Å²) in [5.41, 5.74) is 0. The summed E-state index contributed by atoms with van der Waals surface area (Å²) in [7, 11) is 0. The molecular weight excluding hydrogens is 358 g/mol. The minimum atomic E-state index is -0.897. The number of hydrogen-bond donors (Lipinski definition) is 3. The van der Waals surface area contributed by atoms with Crippen LogP contribution in [0, 0.1) is 5.92 Å². The molecule has 0 radical (unpaired) electrons. The number of nitrogens with one attached hydrogen (secondary N) is 3. The molecular formula is C17H25N3O5S. The van der Waals surface area contributed by atoms with Crippen molar-refractivity contribution in [2.45, 2.75) is 46.2 Å². The van der Waals surface area contributed by atoms with E-state index in [1.54, 1.807) is 38.3 Å². The molecule has 4 amide bonds. The van der Waals surface area contributed by atoms with Crippen LogP contribution in [0.4, 0.5) is 4.79 Å². The van der Waals surface area contributed by atoms with E-state index >= 15 is 0 Å². The van der Waals surface area contributed by atoms with Gasteiger partial charge in [0, 0.05) is 6.04 Å². The Bertz CT molecular complexity index is 630. The van der Waals surface area contributed by atoms with Gasteiger partial charge in [-0.05, 0) is 30.7 Å². The second-order valence-electron chi connectivity index (χ2n) is 6.11. The van der Waals surface area contributed by atoms with Crippen molar-refractivity contribution in [3.63, 3.8) is 0 Å². The Balaban J connectivity index is 2.50. The Kier molecular flexibility index (Phi) is 8.77. The average Bonchev–Trinajstić information content (AvgIpc) is 3.11. The molecule has 0 aromatic carbocycles. The quantitative estimate of drug-likeness (QED) is 0.591. The Labute approximate surface area is 156 Å². The largest absolute Gasteiger partial charge is 0.454 e. The lowest BCUT2D eigenvalue weighted by Crippen LogP contribution is -2.47. The van der Waals surface area contributed by atoms with Crippen molar-refractivity contribution in [2.24, 2.45) is 5.92 Å². The maximum atomic E-state index is 12.2. The molecule has 3 N–H and O–H groups in total. The van der Waals surface area contributed by atoms with Crippen LogP contribution in [-0.2, 0) is 14.3 Å². The molecule has 1 aromatic rings. The highest BCUT2D eigenvalue weighted by molar-refractivity contribution is 7.12. The number of urea groups is 1. The highest BCUT2D eigenvalue weighted by atomic mass is 32.1. The van der Waals surface area contributed by atoms with Crippen LogP contribution in [0.1, 0.15) is 43.8 Å². The van der Waals surface area contributed by atoms with E-state index in [4.69, 9.17) is 4.74 Å². The monoisotopic (exact) mass is 383 g/mol. The van der Waals surface area contributed by atoms with Crippen molar-refractivity contribution in [3.8, 4) is 0 Å². The van der Waals surface area contributed by atoms with Crippen LogP contribution in [-0.4, -0.2) is 42.5 Å². The SMILES string of the molecule is CC[C@H](C)NC(=O)NC(=O)COC(=O)[C@H](NC(=O)c1cccs1)C(C)C. The average molecular weight is 383 g/mol. The molecule has 0 bridgehead atoms. The summed E-state index contributed by atoms with van der Waals surface area (Å²) < 4.78 is 4.94. The van der Waals surface area contributed by atoms with Gasteiger partial charge in [-0.1, -0.05) is 26.8 Å². The maximum absolute atomic E-state index is 12.2. The molecule has 8 nitrogen and oxygen atoms in total. The van der Waals surface area contributed by atoms with Gasteiger partial charge >= 0.3 is 12.0 Å². The van der Waals surface area contributed by atoms with Crippen LogP contribution in [0.3, 0.4) is 0 Å². The molecule has 0 spiro atoms. The fraction of sp³-hybridized carbons (Fsp3) is 0.529. The number of rotatable bonds is 8. The lowest BCUT2D eigenvalue weighted by Gasteiger charge is -2.20. The number of thiophene rings is 1. The van der Waals surface area contributed by atoms with E-state index in [0.29, 0.717) is 4.88 Å². The first-order valence-electron chi connectivity index (χ1n) is 8.35. The van der Waals surface area contributed by atoms with Crippen molar-refractivity contribution in [3.05, 3.63) is 22.4 Å². The van der Waals surface area contributed by atoms with Gasteiger partial charge in [-0.15, -0.1) is 11.3 Å². The molecule has 1 rings (SSSR count). The van der Waals surface area contributed by atoms with Crippen molar-refractivity contribution >= 4 is 35.2 Å². The van der Waals surface area contributed by atoms with Gasteiger partial charge in [0.25, 0.3) is 11.8 Å². The zero-order valence-corrected chi connectivity index (χ0v) is 16.1. The van der Waals surface area contributed by atoms with Crippen molar-refractivity contribution in [1.82, 2.24) is 16.0 Å². The topological polar surface area (TPSA) is 114 Å². The fourth-order valence-electron chi connectivity index (χ4n) is 1.87. The van der Waals surface area contributed by atoms with Gasteiger partial charge in [-0.2, -0.15) is 0 Å². The summed E-state index contributed by atoms with van der Waals surface area (Å²) >= 11 is 1.26. The maximum Gasteiger partial charge on any atom is 0.329 e. The molecule has 2 atom stereocenters. The molecule has 0 saturated carbocycles. The summed E-state index contributed by atoms with van der Waals surface area (Å²) in [4.78, 5) is 48.0. The Hall–Kier alpha value is -2.42. The number of ether oxygens (including phenoxy) is 1. The van der Waals surface area contributed by atoms with E-state index in [1.165, 1.54) is 11.3 Å². The Morgan fingerprint density at radius 3 is 2.38 bits per heavy atom.